The molecule has 0 nitrogen and oxygen atoms in total. The van der Waals surface area contributed by atoms with E-state index < -0.39 is 0 Å². The van der Waals surface area contributed by atoms with Crippen molar-refractivity contribution >= 4 is 45.2 Å². The molecular weight excluding hydrogens is 338 g/mol. The smallest absolute Gasteiger partial charge is 0.0311 e. The first-order valence-electron chi connectivity index (χ1n) is 3.52. The van der Waals surface area contributed by atoms with Crippen molar-refractivity contribution in [2.75, 3.05) is 4.43 Å². The minimum atomic E-state index is 0.677. The second-order valence-electron chi connectivity index (χ2n) is 2.85. The van der Waals surface area contributed by atoms with Gasteiger partial charge in [-0.05, 0) is 12.8 Å². The molecule has 0 amide bonds. The molecule has 1 aliphatic carbocycles. The molecule has 1 fully saturated rings. The Morgan fingerprint density at radius 1 is 1.11 bits per heavy atom. The molecule has 0 aliphatic heterocycles. The van der Waals surface area contributed by atoms with Crippen molar-refractivity contribution in [3.05, 3.63) is 0 Å². The van der Waals surface area contributed by atoms with Gasteiger partial charge in [-0.25, -0.2) is 0 Å². The molecule has 0 unspecified atom stereocenters. The lowest BCUT2D eigenvalue weighted by atomic mass is 9.91. The van der Waals surface area contributed by atoms with Gasteiger partial charge in [0.05, 0.1) is 0 Å². The summed E-state index contributed by atoms with van der Waals surface area (Å²) in [6.07, 6.45) is 7.31. The third-order valence-corrected chi connectivity index (χ3v) is 6.37. The second-order valence-corrected chi connectivity index (χ2v) is 5.90. The number of halogens is 2. The zero-order chi connectivity index (χ0) is 6.74. The Morgan fingerprint density at radius 3 is 2.00 bits per heavy atom. The van der Waals surface area contributed by atoms with Crippen LogP contribution in [-0.4, -0.2) is 7.85 Å². The van der Waals surface area contributed by atoms with E-state index in [1.165, 1.54) is 36.5 Å². The third-order valence-electron chi connectivity index (χ3n) is 1.99. The first kappa shape index (κ1) is 8.56. The number of hydrogen-bond acceptors (Lipinski definition) is 0. The second kappa shape index (κ2) is 3.74. The molecule has 1 rings (SSSR count). The molecule has 0 bridgehead atoms. The third kappa shape index (κ3) is 2.52. The van der Waals surface area contributed by atoms with Crippen LogP contribution in [0.5, 0.6) is 0 Å². The normalized spacial score (nSPS) is 26.0. The molecule has 0 saturated heterocycles. The Hall–Kier alpha value is 1.46. The van der Waals surface area contributed by atoms with E-state index in [1.54, 1.807) is 0 Å². The summed E-state index contributed by atoms with van der Waals surface area (Å²) in [7, 11) is 0. The van der Waals surface area contributed by atoms with E-state index in [0.717, 1.165) is 0 Å². The summed E-state index contributed by atoms with van der Waals surface area (Å²) < 4.78 is 2.02. The Bertz CT molecular complexity index is 84.9. The summed E-state index contributed by atoms with van der Waals surface area (Å²) >= 11 is 5.16. The molecule has 0 N–H and O–H groups in total. The van der Waals surface area contributed by atoms with Crippen LogP contribution in [0.4, 0.5) is 0 Å². The van der Waals surface area contributed by atoms with Crippen LogP contribution in [0, 0.1) is 0 Å². The lowest BCUT2D eigenvalue weighted by Crippen LogP contribution is -2.25. The van der Waals surface area contributed by atoms with E-state index in [2.05, 4.69) is 45.2 Å². The molecule has 0 aromatic rings. The maximum absolute atomic E-state index is 2.65. The van der Waals surface area contributed by atoms with E-state index in [1.807, 2.05) is 0 Å². The standard InChI is InChI=1S/C7H12I2/c8-6-7(9)4-2-1-3-5-7/h1-6H2. The van der Waals surface area contributed by atoms with Gasteiger partial charge in [0.15, 0.2) is 0 Å². The average Bonchev–Trinajstić information content (AvgIpc) is 1.90. The van der Waals surface area contributed by atoms with Crippen LogP contribution < -0.4 is 0 Å². The van der Waals surface area contributed by atoms with E-state index in [0.29, 0.717) is 3.42 Å². The average molecular weight is 350 g/mol. The molecule has 2 heteroatoms. The zero-order valence-corrected chi connectivity index (χ0v) is 9.81. The highest BCUT2D eigenvalue weighted by atomic mass is 127. The molecule has 1 saturated carbocycles. The largest absolute Gasteiger partial charge is 0.0849 e. The number of alkyl halides is 2. The predicted molar refractivity (Wildman–Crippen MR) is 58.7 cm³/mol. The van der Waals surface area contributed by atoms with Gasteiger partial charge in [-0.1, -0.05) is 64.4 Å². The van der Waals surface area contributed by atoms with Gasteiger partial charge < -0.3 is 0 Å². The number of rotatable bonds is 1. The monoisotopic (exact) mass is 350 g/mol. The molecule has 9 heavy (non-hydrogen) atoms. The fraction of sp³-hybridized carbons (Fsp3) is 1.00. The van der Waals surface area contributed by atoms with Crippen molar-refractivity contribution in [2.24, 2.45) is 0 Å². The van der Waals surface area contributed by atoms with Crippen LogP contribution in [0.25, 0.3) is 0 Å². The van der Waals surface area contributed by atoms with Gasteiger partial charge >= 0.3 is 0 Å². The molecule has 1 aliphatic rings. The topological polar surface area (TPSA) is 0 Å². The maximum atomic E-state index is 2.65. The summed E-state index contributed by atoms with van der Waals surface area (Å²) in [5.74, 6) is 0. The quantitative estimate of drug-likeness (QED) is 0.501. The van der Waals surface area contributed by atoms with E-state index in [-0.39, 0.29) is 0 Å². The van der Waals surface area contributed by atoms with Crippen LogP contribution in [0.15, 0.2) is 0 Å². The lowest BCUT2D eigenvalue weighted by Gasteiger charge is -2.29. The molecular formula is C7H12I2. The first-order chi connectivity index (χ1) is 4.27. The van der Waals surface area contributed by atoms with Crippen LogP contribution in [-0.2, 0) is 0 Å². The maximum Gasteiger partial charge on any atom is 0.0311 e. The summed E-state index contributed by atoms with van der Waals surface area (Å²) in [6.45, 7) is 0. The highest BCUT2D eigenvalue weighted by molar-refractivity contribution is 14.1. The van der Waals surface area contributed by atoms with Gasteiger partial charge in [-0.2, -0.15) is 0 Å². The van der Waals surface area contributed by atoms with Gasteiger partial charge in [0.2, 0.25) is 0 Å². The van der Waals surface area contributed by atoms with Gasteiger partial charge in [0.25, 0.3) is 0 Å². The Kier molecular flexibility index (Phi) is 3.55. The van der Waals surface area contributed by atoms with Gasteiger partial charge in [0.1, 0.15) is 0 Å². The van der Waals surface area contributed by atoms with Gasteiger partial charge in [-0.3, -0.25) is 0 Å². The van der Waals surface area contributed by atoms with Crippen molar-refractivity contribution in [1.82, 2.24) is 0 Å². The highest BCUT2D eigenvalue weighted by Gasteiger charge is 2.26. The molecule has 0 spiro atoms. The Morgan fingerprint density at radius 2 is 1.67 bits per heavy atom. The fourth-order valence-electron chi connectivity index (χ4n) is 1.32. The van der Waals surface area contributed by atoms with Gasteiger partial charge in [0, 0.05) is 7.85 Å². The van der Waals surface area contributed by atoms with E-state index >= 15 is 0 Å². The highest BCUT2D eigenvalue weighted by Crippen LogP contribution is 2.37. The van der Waals surface area contributed by atoms with Crippen LogP contribution in [0.2, 0.25) is 0 Å². The molecule has 0 aromatic carbocycles. The van der Waals surface area contributed by atoms with Gasteiger partial charge in [-0.15, -0.1) is 0 Å². The first-order valence-corrected chi connectivity index (χ1v) is 6.12. The van der Waals surface area contributed by atoms with E-state index in [4.69, 9.17) is 0 Å². The molecule has 54 valence electrons. The molecule has 0 aromatic heterocycles. The van der Waals surface area contributed by atoms with Crippen molar-refractivity contribution < 1.29 is 0 Å². The molecule has 0 heterocycles. The summed E-state index contributed by atoms with van der Waals surface area (Å²) in [5, 5.41) is 0. The molecule has 0 radical (unpaired) electrons. The van der Waals surface area contributed by atoms with Crippen LogP contribution in [0.3, 0.4) is 0 Å². The number of hydrogen-bond donors (Lipinski definition) is 0. The Balaban J connectivity index is 2.37. The lowest BCUT2D eigenvalue weighted by molar-refractivity contribution is 0.448. The van der Waals surface area contributed by atoms with Crippen molar-refractivity contribution in [3.8, 4) is 0 Å². The summed E-state index contributed by atoms with van der Waals surface area (Å²) in [6, 6.07) is 0. The van der Waals surface area contributed by atoms with Crippen molar-refractivity contribution in [1.29, 1.82) is 0 Å². The van der Waals surface area contributed by atoms with Crippen molar-refractivity contribution in [2.45, 2.75) is 35.5 Å². The predicted octanol–water partition coefficient (Wildman–Crippen LogP) is 3.56. The minimum Gasteiger partial charge on any atom is -0.0849 e. The SMILES string of the molecule is ICC1(I)CCCCC1. The van der Waals surface area contributed by atoms with Crippen LogP contribution >= 0.6 is 45.2 Å². The van der Waals surface area contributed by atoms with E-state index in [9.17, 15) is 0 Å². The Labute approximate surface area is 84.4 Å². The minimum absolute atomic E-state index is 0.677. The fourth-order valence-corrected chi connectivity index (χ4v) is 2.84. The zero-order valence-electron chi connectivity index (χ0n) is 5.50. The van der Waals surface area contributed by atoms with Crippen molar-refractivity contribution in [3.63, 3.8) is 0 Å². The summed E-state index contributed by atoms with van der Waals surface area (Å²) in [5.41, 5.74) is 0. The van der Waals surface area contributed by atoms with Crippen LogP contribution in [0.1, 0.15) is 32.1 Å². The molecule has 0 atom stereocenters. The summed E-state index contributed by atoms with van der Waals surface area (Å²) in [4.78, 5) is 0.